The van der Waals surface area contributed by atoms with Crippen molar-refractivity contribution in [3.05, 3.63) is 65.4 Å². The number of aromatic nitrogens is 2. The van der Waals surface area contributed by atoms with E-state index < -0.39 is 0 Å². The first-order valence-corrected chi connectivity index (χ1v) is 8.83. The molecule has 0 aliphatic rings. The van der Waals surface area contributed by atoms with Gasteiger partial charge in [-0.3, -0.25) is 9.59 Å². The zero-order valence-electron chi connectivity index (χ0n) is 15.2. The summed E-state index contributed by atoms with van der Waals surface area (Å²) in [5.41, 5.74) is 4.21. The predicted octanol–water partition coefficient (Wildman–Crippen LogP) is 3.78. The minimum atomic E-state index is -0.0874. The van der Waals surface area contributed by atoms with E-state index in [2.05, 4.69) is 10.4 Å². The predicted molar refractivity (Wildman–Crippen MR) is 102 cm³/mol. The number of rotatable bonds is 6. The Morgan fingerprint density at radius 2 is 1.88 bits per heavy atom. The molecule has 134 valence electrons. The summed E-state index contributed by atoms with van der Waals surface area (Å²) in [4.78, 5) is 24.4. The molecule has 0 fully saturated rings. The minimum absolute atomic E-state index is 0.0398. The lowest BCUT2D eigenvalue weighted by Crippen LogP contribution is -2.23. The van der Waals surface area contributed by atoms with Crippen molar-refractivity contribution in [3.63, 3.8) is 0 Å². The molecule has 0 aliphatic carbocycles. The third-order valence-electron chi connectivity index (χ3n) is 4.49. The SMILES string of the molecule is Cc1ccc2c(cnn2C(=O)CCCC(=O)NCc2ccccc2C)c1. The fourth-order valence-electron chi connectivity index (χ4n) is 2.95. The van der Waals surface area contributed by atoms with Crippen LogP contribution in [0.25, 0.3) is 10.9 Å². The molecule has 5 nitrogen and oxygen atoms in total. The lowest BCUT2D eigenvalue weighted by atomic mass is 10.1. The van der Waals surface area contributed by atoms with Crippen molar-refractivity contribution in [1.29, 1.82) is 0 Å². The fraction of sp³-hybridized carbons (Fsp3) is 0.286. The molecule has 5 heteroatoms. The third-order valence-corrected chi connectivity index (χ3v) is 4.49. The molecule has 1 N–H and O–H groups in total. The molecule has 2 aromatic carbocycles. The van der Waals surface area contributed by atoms with Crippen molar-refractivity contribution in [3.8, 4) is 0 Å². The molecule has 26 heavy (non-hydrogen) atoms. The van der Waals surface area contributed by atoms with E-state index >= 15 is 0 Å². The molecular formula is C21H23N3O2. The Kier molecular flexibility index (Phi) is 5.46. The van der Waals surface area contributed by atoms with Crippen LogP contribution >= 0.6 is 0 Å². The van der Waals surface area contributed by atoms with Gasteiger partial charge in [0.15, 0.2) is 0 Å². The van der Waals surface area contributed by atoms with Crippen LogP contribution in [0.4, 0.5) is 0 Å². The second-order valence-corrected chi connectivity index (χ2v) is 6.57. The Balaban J connectivity index is 1.48. The lowest BCUT2D eigenvalue weighted by molar-refractivity contribution is -0.121. The molecule has 1 heterocycles. The Morgan fingerprint density at radius 3 is 2.69 bits per heavy atom. The number of nitrogens with zero attached hydrogens (tertiary/aromatic N) is 2. The number of benzene rings is 2. The second-order valence-electron chi connectivity index (χ2n) is 6.57. The summed E-state index contributed by atoms with van der Waals surface area (Å²) in [6.45, 7) is 4.55. The molecule has 0 bridgehead atoms. The summed E-state index contributed by atoms with van der Waals surface area (Å²) in [5.74, 6) is -0.127. The molecule has 0 saturated carbocycles. The average molecular weight is 349 g/mol. The molecule has 1 amide bonds. The number of hydrogen-bond acceptors (Lipinski definition) is 3. The van der Waals surface area contributed by atoms with Gasteiger partial charge in [0.05, 0.1) is 11.7 Å². The van der Waals surface area contributed by atoms with Gasteiger partial charge < -0.3 is 5.32 Å². The second kappa shape index (κ2) is 7.95. The molecule has 3 rings (SSSR count). The van der Waals surface area contributed by atoms with Gasteiger partial charge in [-0.15, -0.1) is 0 Å². The van der Waals surface area contributed by atoms with Crippen molar-refractivity contribution < 1.29 is 9.59 Å². The number of fused-ring (bicyclic) bond motifs is 1. The summed E-state index contributed by atoms with van der Waals surface area (Å²) in [6, 6.07) is 13.8. The average Bonchev–Trinajstić information content (AvgIpc) is 3.04. The van der Waals surface area contributed by atoms with Crippen molar-refractivity contribution >= 4 is 22.7 Å². The van der Waals surface area contributed by atoms with Crippen LogP contribution in [0.3, 0.4) is 0 Å². The molecule has 0 atom stereocenters. The monoisotopic (exact) mass is 349 g/mol. The number of amides is 1. The first kappa shape index (κ1) is 17.9. The zero-order valence-corrected chi connectivity index (χ0v) is 15.2. The van der Waals surface area contributed by atoms with E-state index in [-0.39, 0.29) is 11.8 Å². The first-order valence-electron chi connectivity index (χ1n) is 8.83. The smallest absolute Gasteiger partial charge is 0.247 e. The van der Waals surface area contributed by atoms with Gasteiger partial charge in [0.2, 0.25) is 11.8 Å². The lowest BCUT2D eigenvalue weighted by Gasteiger charge is -2.08. The van der Waals surface area contributed by atoms with E-state index in [0.717, 1.165) is 27.6 Å². The van der Waals surface area contributed by atoms with Crippen LogP contribution in [0.2, 0.25) is 0 Å². The van der Waals surface area contributed by atoms with E-state index in [1.165, 1.54) is 4.68 Å². The standard InChI is InChI=1S/C21H23N3O2/c1-15-10-11-19-18(12-15)14-23-24(19)21(26)9-5-8-20(25)22-13-17-7-4-3-6-16(17)2/h3-4,6-7,10-12,14H,5,8-9,13H2,1-2H3,(H,22,25). The molecule has 3 aromatic rings. The largest absolute Gasteiger partial charge is 0.352 e. The summed E-state index contributed by atoms with van der Waals surface area (Å²) in [7, 11) is 0. The van der Waals surface area contributed by atoms with Gasteiger partial charge in [-0.1, -0.05) is 35.9 Å². The van der Waals surface area contributed by atoms with Gasteiger partial charge >= 0.3 is 0 Å². The van der Waals surface area contributed by atoms with E-state index in [1.807, 2.05) is 56.3 Å². The highest BCUT2D eigenvalue weighted by atomic mass is 16.2. The van der Waals surface area contributed by atoms with Crippen LogP contribution < -0.4 is 5.32 Å². The van der Waals surface area contributed by atoms with Crippen LogP contribution in [0, 0.1) is 13.8 Å². The van der Waals surface area contributed by atoms with Gasteiger partial charge in [-0.05, 0) is 43.5 Å². The van der Waals surface area contributed by atoms with Gasteiger partial charge in [0.1, 0.15) is 0 Å². The van der Waals surface area contributed by atoms with Gasteiger partial charge in [-0.25, -0.2) is 4.68 Å². The number of carbonyl (C=O) groups is 2. The summed E-state index contributed by atoms with van der Waals surface area (Å²) < 4.78 is 1.43. The minimum Gasteiger partial charge on any atom is -0.352 e. The van der Waals surface area contributed by atoms with E-state index in [4.69, 9.17) is 0 Å². The zero-order chi connectivity index (χ0) is 18.5. The Bertz CT molecular complexity index is 943. The molecular weight excluding hydrogens is 326 g/mol. The number of carbonyl (C=O) groups excluding carboxylic acids is 2. The van der Waals surface area contributed by atoms with E-state index in [0.29, 0.717) is 25.8 Å². The highest BCUT2D eigenvalue weighted by Crippen LogP contribution is 2.16. The van der Waals surface area contributed by atoms with E-state index in [9.17, 15) is 9.59 Å². The number of hydrogen-bond donors (Lipinski definition) is 1. The van der Waals surface area contributed by atoms with Crippen molar-refractivity contribution in [2.75, 3.05) is 0 Å². The number of aryl methyl sites for hydroxylation is 2. The Morgan fingerprint density at radius 1 is 1.08 bits per heavy atom. The maximum absolute atomic E-state index is 12.4. The molecule has 0 aliphatic heterocycles. The maximum atomic E-state index is 12.4. The summed E-state index contributed by atoms with van der Waals surface area (Å²) in [5, 5.41) is 8.05. The fourth-order valence-corrected chi connectivity index (χ4v) is 2.95. The first-order chi connectivity index (χ1) is 12.5. The summed E-state index contributed by atoms with van der Waals surface area (Å²) >= 11 is 0. The van der Waals surface area contributed by atoms with Crippen LogP contribution in [0.15, 0.2) is 48.7 Å². The quantitative estimate of drug-likeness (QED) is 0.736. The van der Waals surface area contributed by atoms with Crippen LogP contribution in [0.5, 0.6) is 0 Å². The van der Waals surface area contributed by atoms with Crippen molar-refractivity contribution in [2.24, 2.45) is 0 Å². The normalized spacial score (nSPS) is 10.8. The van der Waals surface area contributed by atoms with Crippen LogP contribution in [-0.4, -0.2) is 21.6 Å². The highest BCUT2D eigenvalue weighted by molar-refractivity contribution is 5.91. The van der Waals surface area contributed by atoms with Gasteiger partial charge in [0, 0.05) is 24.8 Å². The molecule has 0 saturated heterocycles. The van der Waals surface area contributed by atoms with E-state index in [1.54, 1.807) is 6.20 Å². The third kappa shape index (κ3) is 4.17. The van der Waals surface area contributed by atoms with Crippen molar-refractivity contribution in [1.82, 2.24) is 15.1 Å². The Labute approximate surface area is 153 Å². The Hall–Kier alpha value is -2.95. The maximum Gasteiger partial charge on any atom is 0.247 e. The summed E-state index contributed by atoms with van der Waals surface area (Å²) in [6.07, 6.45) is 2.83. The molecule has 0 spiro atoms. The van der Waals surface area contributed by atoms with Crippen molar-refractivity contribution in [2.45, 2.75) is 39.7 Å². The van der Waals surface area contributed by atoms with Gasteiger partial charge in [-0.2, -0.15) is 5.10 Å². The highest BCUT2D eigenvalue weighted by Gasteiger charge is 2.11. The molecule has 1 aromatic heterocycles. The van der Waals surface area contributed by atoms with Crippen LogP contribution in [0.1, 0.15) is 40.7 Å². The van der Waals surface area contributed by atoms with Gasteiger partial charge in [0.25, 0.3) is 0 Å². The molecule has 0 radical (unpaired) electrons. The van der Waals surface area contributed by atoms with Crippen LogP contribution in [-0.2, 0) is 11.3 Å². The topological polar surface area (TPSA) is 64.0 Å². The number of nitrogens with one attached hydrogen (secondary N) is 1. The molecule has 0 unspecified atom stereocenters.